The number of ether oxygens (including phenoxy) is 2. The van der Waals surface area contributed by atoms with E-state index in [2.05, 4.69) is 4.98 Å². The molecule has 0 aliphatic rings. The predicted octanol–water partition coefficient (Wildman–Crippen LogP) is 3.99. The summed E-state index contributed by atoms with van der Waals surface area (Å²) in [6.45, 7) is 1.46. The molecule has 3 rings (SSSR count). The molecule has 0 aliphatic heterocycles. The summed E-state index contributed by atoms with van der Waals surface area (Å²) < 4.78 is 29.0. The van der Waals surface area contributed by atoms with Gasteiger partial charge in [-0.2, -0.15) is 0 Å². The van der Waals surface area contributed by atoms with Crippen molar-refractivity contribution in [2.45, 2.75) is 19.6 Å². The van der Waals surface area contributed by atoms with Crippen molar-refractivity contribution in [2.24, 2.45) is 0 Å². The van der Waals surface area contributed by atoms with Crippen LogP contribution in [-0.2, 0) is 16.1 Å². The van der Waals surface area contributed by atoms with Crippen molar-refractivity contribution in [3.63, 3.8) is 0 Å². The summed E-state index contributed by atoms with van der Waals surface area (Å²) >= 11 is 0. The van der Waals surface area contributed by atoms with Crippen LogP contribution in [0, 0.1) is 5.82 Å². The summed E-state index contributed by atoms with van der Waals surface area (Å²) in [6.07, 6.45) is 0.741. The SMILES string of the molecule is C[C@@H](Oc1ccc(F)cc1)C(=O)OCc1ncc(-c2ccccc2)o1. The molecule has 5 nitrogen and oxygen atoms in total. The predicted molar refractivity (Wildman–Crippen MR) is 88.2 cm³/mol. The Morgan fingerprint density at radius 1 is 1.16 bits per heavy atom. The second-order valence-corrected chi connectivity index (χ2v) is 5.31. The Bertz CT molecular complexity index is 830. The van der Waals surface area contributed by atoms with Crippen LogP contribution in [0.2, 0.25) is 0 Å². The molecular formula is C19H16FNO4. The third-order valence-electron chi connectivity index (χ3n) is 3.41. The quantitative estimate of drug-likeness (QED) is 0.634. The standard InChI is InChI=1S/C19H16FNO4/c1-13(24-16-9-7-15(20)8-10-16)19(22)23-12-18-21-11-17(25-18)14-5-3-2-4-6-14/h2-11,13H,12H2,1H3/t13-/m1/s1. The normalized spacial score (nSPS) is 11.8. The number of oxazole rings is 1. The number of esters is 1. The molecule has 0 bridgehead atoms. The van der Waals surface area contributed by atoms with E-state index in [1.54, 1.807) is 13.1 Å². The maximum atomic E-state index is 12.9. The van der Waals surface area contributed by atoms with Crippen LogP contribution in [0.15, 0.2) is 65.2 Å². The molecule has 25 heavy (non-hydrogen) atoms. The smallest absolute Gasteiger partial charge is 0.347 e. The third-order valence-corrected chi connectivity index (χ3v) is 3.41. The first-order valence-electron chi connectivity index (χ1n) is 7.71. The zero-order chi connectivity index (χ0) is 17.6. The molecule has 0 saturated heterocycles. The van der Waals surface area contributed by atoms with Crippen LogP contribution in [0.5, 0.6) is 5.75 Å². The van der Waals surface area contributed by atoms with Crippen molar-refractivity contribution in [1.29, 1.82) is 0 Å². The molecule has 0 aliphatic carbocycles. The van der Waals surface area contributed by atoms with Gasteiger partial charge < -0.3 is 13.9 Å². The van der Waals surface area contributed by atoms with Crippen molar-refractivity contribution in [2.75, 3.05) is 0 Å². The second-order valence-electron chi connectivity index (χ2n) is 5.31. The van der Waals surface area contributed by atoms with E-state index in [1.807, 2.05) is 30.3 Å². The zero-order valence-electron chi connectivity index (χ0n) is 13.5. The van der Waals surface area contributed by atoms with Gasteiger partial charge in [0.2, 0.25) is 5.89 Å². The van der Waals surface area contributed by atoms with Gasteiger partial charge in [0.05, 0.1) is 6.20 Å². The summed E-state index contributed by atoms with van der Waals surface area (Å²) in [5, 5.41) is 0. The monoisotopic (exact) mass is 341 g/mol. The lowest BCUT2D eigenvalue weighted by Gasteiger charge is -2.13. The van der Waals surface area contributed by atoms with Gasteiger partial charge in [0.25, 0.3) is 0 Å². The number of nitrogens with zero attached hydrogens (tertiary/aromatic N) is 1. The first-order chi connectivity index (χ1) is 12.1. The topological polar surface area (TPSA) is 61.6 Å². The molecule has 0 N–H and O–H groups in total. The minimum atomic E-state index is -0.839. The van der Waals surface area contributed by atoms with Gasteiger partial charge in [-0.25, -0.2) is 14.2 Å². The molecule has 6 heteroatoms. The molecular weight excluding hydrogens is 325 g/mol. The van der Waals surface area contributed by atoms with Crippen molar-refractivity contribution in [3.05, 3.63) is 72.5 Å². The van der Waals surface area contributed by atoms with E-state index in [1.165, 1.54) is 24.3 Å². The molecule has 0 unspecified atom stereocenters. The van der Waals surface area contributed by atoms with Crippen molar-refractivity contribution in [3.8, 4) is 17.1 Å². The number of halogens is 1. The zero-order valence-corrected chi connectivity index (χ0v) is 13.5. The largest absolute Gasteiger partial charge is 0.479 e. The fraction of sp³-hybridized carbons (Fsp3) is 0.158. The number of carbonyl (C=O) groups is 1. The number of hydrogen-bond donors (Lipinski definition) is 0. The molecule has 1 aromatic heterocycles. The summed E-state index contributed by atoms with van der Waals surface area (Å²) in [5.74, 6) is 0.335. The van der Waals surface area contributed by atoms with Gasteiger partial charge in [-0.15, -0.1) is 0 Å². The third kappa shape index (κ3) is 4.44. The number of aromatic nitrogens is 1. The Morgan fingerprint density at radius 3 is 2.60 bits per heavy atom. The van der Waals surface area contributed by atoms with E-state index < -0.39 is 12.1 Å². The highest BCUT2D eigenvalue weighted by molar-refractivity contribution is 5.74. The summed E-state index contributed by atoms with van der Waals surface area (Å²) in [5.41, 5.74) is 0.889. The van der Waals surface area contributed by atoms with Crippen LogP contribution < -0.4 is 4.74 Å². The van der Waals surface area contributed by atoms with Crippen LogP contribution in [0.3, 0.4) is 0 Å². The Kier molecular flexibility index (Phi) is 5.09. The Balaban J connectivity index is 1.53. The van der Waals surface area contributed by atoms with Crippen molar-refractivity contribution >= 4 is 5.97 Å². The fourth-order valence-electron chi connectivity index (χ4n) is 2.13. The lowest BCUT2D eigenvalue weighted by molar-refractivity contribution is -0.153. The molecule has 0 radical (unpaired) electrons. The second kappa shape index (κ2) is 7.61. The summed E-state index contributed by atoms with van der Waals surface area (Å²) in [6, 6.07) is 14.9. The summed E-state index contributed by atoms with van der Waals surface area (Å²) in [4.78, 5) is 16.1. The molecule has 1 atom stereocenters. The fourth-order valence-corrected chi connectivity index (χ4v) is 2.13. The van der Waals surface area contributed by atoms with Gasteiger partial charge in [0, 0.05) is 5.56 Å². The van der Waals surface area contributed by atoms with Gasteiger partial charge in [0.1, 0.15) is 11.6 Å². The van der Waals surface area contributed by atoms with Gasteiger partial charge >= 0.3 is 5.97 Å². The average Bonchev–Trinajstić information content (AvgIpc) is 3.11. The Hall–Kier alpha value is -3.15. The van der Waals surface area contributed by atoms with Gasteiger partial charge in [-0.1, -0.05) is 30.3 Å². The number of benzene rings is 2. The van der Waals surface area contributed by atoms with E-state index in [4.69, 9.17) is 13.9 Å². The first kappa shape index (κ1) is 16.7. The lowest BCUT2D eigenvalue weighted by atomic mass is 10.2. The van der Waals surface area contributed by atoms with E-state index in [9.17, 15) is 9.18 Å². The molecule has 0 fully saturated rings. The van der Waals surface area contributed by atoms with E-state index in [0.29, 0.717) is 17.4 Å². The molecule has 0 amide bonds. The molecule has 3 aromatic rings. The minimum absolute atomic E-state index is 0.0945. The molecule has 0 spiro atoms. The molecule has 1 heterocycles. The van der Waals surface area contributed by atoms with Crippen molar-refractivity contribution in [1.82, 2.24) is 4.98 Å². The highest BCUT2D eigenvalue weighted by atomic mass is 19.1. The minimum Gasteiger partial charge on any atom is -0.479 e. The highest BCUT2D eigenvalue weighted by Gasteiger charge is 2.18. The molecule has 2 aromatic carbocycles. The van der Waals surface area contributed by atoms with Gasteiger partial charge in [-0.05, 0) is 31.2 Å². The average molecular weight is 341 g/mol. The van der Waals surface area contributed by atoms with Crippen molar-refractivity contribution < 1.29 is 23.1 Å². The highest BCUT2D eigenvalue weighted by Crippen LogP contribution is 2.20. The molecule has 128 valence electrons. The molecule has 0 saturated carbocycles. The number of carbonyl (C=O) groups excluding carboxylic acids is 1. The van der Waals surface area contributed by atoms with Gasteiger partial charge in [0.15, 0.2) is 18.5 Å². The van der Waals surface area contributed by atoms with E-state index in [0.717, 1.165) is 5.56 Å². The maximum absolute atomic E-state index is 12.9. The lowest BCUT2D eigenvalue weighted by Crippen LogP contribution is -2.26. The Morgan fingerprint density at radius 2 is 1.88 bits per heavy atom. The van der Waals surface area contributed by atoms with Crippen LogP contribution in [0.4, 0.5) is 4.39 Å². The number of rotatable bonds is 6. The maximum Gasteiger partial charge on any atom is 0.347 e. The first-order valence-corrected chi connectivity index (χ1v) is 7.71. The summed E-state index contributed by atoms with van der Waals surface area (Å²) in [7, 11) is 0. The van der Waals surface area contributed by atoms with E-state index in [-0.39, 0.29) is 12.4 Å². The number of hydrogen-bond acceptors (Lipinski definition) is 5. The van der Waals surface area contributed by atoms with Crippen LogP contribution in [-0.4, -0.2) is 17.1 Å². The van der Waals surface area contributed by atoms with Gasteiger partial charge in [-0.3, -0.25) is 0 Å². The van der Waals surface area contributed by atoms with Crippen LogP contribution in [0.25, 0.3) is 11.3 Å². The van der Waals surface area contributed by atoms with Crippen LogP contribution in [0.1, 0.15) is 12.8 Å². The van der Waals surface area contributed by atoms with E-state index >= 15 is 0 Å². The van der Waals surface area contributed by atoms with Crippen LogP contribution >= 0.6 is 0 Å². The Labute approximate surface area is 144 Å².